The molecular formula is C5H4Cl2N2O2. The molecule has 0 bridgehead atoms. The van der Waals surface area contributed by atoms with E-state index in [9.17, 15) is 4.79 Å². The van der Waals surface area contributed by atoms with Crippen LogP contribution in [-0.4, -0.2) is 22.9 Å². The summed E-state index contributed by atoms with van der Waals surface area (Å²) < 4.78 is 7.13. The Bertz CT molecular complexity index is 287. The SMILES string of the molecule is [2H]C1(Cl)N=CC(C(=O)O)=C(Cl)N1. The van der Waals surface area contributed by atoms with E-state index in [1.54, 1.807) is 0 Å². The zero-order chi connectivity index (χ0) is 9.35. The van der Waals surface area contributed by atoms with Gasteiger partial charge in [-0.3, -0.25) is 4.99 Å². The molecule has 4 nitrogen and oxygen atoms in total. The molecule has 0 fully saturated rings. The summed E-state index contributed by atoms with van der Waals surface area (Å²) in [5, 5.41) is 10.5. The standard InChI is InChI=1S/C5H4Cl2N2O2/c6-3-2(4(10)11)1-8-5(7)9-3/h1,5,9H,(H,10,11)/i5D. The highest BCUT2D eigenvalue weighted by Crippen LogP contribution is 2.12. The highest BCUT2D eigenvalue weighted by atomic mass is 35.5. The second-order valence-corrected chi connectivity index (χ2v) is 2.44. The van der Waals surface area contributed by atoms with E-state index in [1.807, 2.05) is 0 Å². The maximum Gasteiger partial charge on any atom is 0.340 e. The Kier molecular flexibility index (Phi) is 1.96. The molecule has 1 aliphatic heterocycles. The summed E-state index contributed by atoms with van der Waals surface area (Å²) in [6, 6.07) is 0. The molecule has 1 unspecified atom stereocenters. The molecule has 0 aromatic rings. The third-order valence-corrected chi connectivity index (χ3v) is 1.48. The molecule has 0 aromatic heterocycles. The highest BCUT2D eigenvalue weighted by Gasteiger charge is 2.17. The van der Waals surface area contributed by atoms with Crippen molar-refractivity contribution in [2.45, 2.75) is 5.60 Å². The Morgan fingerprint density at radius 1 is 2.00 bits per heavy atom. The number of nitrogens with zero attached hydrogens (tertiary/aromatic N) is 1. The quantitative estimate of drug-likeness (QED) is 0.479. The molecule has 1 rings (SSSR count). The number of rotatable bonds is 1. The number of carboxylic acid groups (broad SMARTS) is 1. The zero-order valence-electron chi connectivity index (χ0n) is 6.14. The fourth-order valence-electron chi connectivity index (χ4n) is 0.517. The molecule has 60 valence electrons. The van der Waals surface area contributed by atoms with Gasteiger partial charge in [-0.25, -0.2) is 4.79 Å². The van der Waals surface area contributed by atoms with Gasteiger partial charge in [0.25, 0.3) is 0 Å². The first-order chi connectivity index (χ1) is 5.42. The molecule has 1 atom stereocenters. The van der Waals surface area contributed by atoms with Crippen molar-refractivity contribution < 1.29 is 11.3 Å². The van der Waals surface area contributed by atoms with Crippen molar-refractivity contribution in [1.29, 1.82) is 0 Å². The fourth-order valence-corrected chi connectivity index (χ4v) is 0.928. The normalized spacial score (nSPS) is 31.3. The smallest absolute Gasteiger partial charge is 0.340 e. The maximum absolute atomic E-state index is 10.4. The van der Waals surface area contributed by atoms with Crippen LogP contribution in [0.1, 0.15) is 1.37 Å². The van der Waals surface area contributed by atoms with Gasteiger partial charge in [-0.15, -0.1) is 0 Å². The van der Waals surface area contributed by atoms with Crippen molar-refractivity contribution in [1.82, 2.24) is 5.32 Å². The highest BCUT2D eigenvalue weighted by molar-refractivity contribution is 6.35. The lowest BCUT2D eigenvalue weighted by molar-refractivity contribution is -0.132. The van der Waals surface area contributed by atoms with Gasteiger partial charge in [0.2, 0.25) is 0 Å². The van der Waals surface area contributed by atoms with E-state index in [-0.39, 0.29) is 10.7 Å². The third-order valence-electron chi connectivity index (χ3n) is 0.987. The molecule has 0 radical (unpaired) electrons. The molecule has 0 amide bonds. The topological polar surface area (TPSA) is 61.7 Å². The molecular weight excluding hydrogens is 191 g/mol. The average Bonchev–Trinajstić information content (AvgIpc) is 1.83. The van der Waals surface area contributed by atoms with Gasteiger partial charge in [-0.1, -0.05) is 23.2 Å². The van der Waals surface area contributed by atoms with Gasteiger partial charge in [-0.2, -0.15) is 0 Å². The minimum atomic E-state index is -1.80. The van der Waals surface area contributed by atoms with E-state index in [0.29, 0.717) is 0 Å². The first-order valence-corrected chi connectivity index (χ1v) is 3.33. The minimum absolute atomic E-state index is 0.192. The first kappa shape index (κ1) is 6.94. The average molecular weight is 196 g/mol. The lowest BCUT2D eigenvalue weighted by Gasteiger charge is -2.13. The van der Waals surface area contributed by atoms with Crippen molar-refractivity contribution in [3.05, 3.63) is 10.7 Å². The number of halogens is 2. The van der Waals surface area contributed by atoms with Crippen LogP contribution in [0.5, 0.6) is 0 Å². The van der Waals surface area contributed by atoms with Crippen LogP contribution in [0.15, 0.2) is 15.7 Å². The largest absolute Gasteiger partial charge is 0.478 e. The van der Waals surface area contributed by atoms with E-state index < -0.39 is 11.6 Å². The van der Waals surface area contributed by atoms with Crippen LogP contribution in [0.25, 0.3) is 0 Å². The number of hydrogen-bond donors (Lipinski definition) is 2. The second kappa shape index (κ2) is 3.11. The molecule has 6 heteroatoms. The van der Waals surface area contributed by atoms with Crippen molar-refractivity contribution in [3.8, 4) is 0 Å². The summed E-state index contributed by atoms with van der Waals surface area (Å²) >= 11 is 10.8. The molecule has 1 heterocycles. The predicted molar refractivity (Wildman–Crippen MR) is 41.8 cm³/mol. The van der Waals surface area contributed by atoms with Gasteiger partial charge in [0.1, 0.15) is 10.7 Å². The molecule has 2 N–H and O–H groups in total. The summed E-state index contributed by atoms with van der Waals surface area (Å²) in [5.74, 6) is -1.22. The lowest BCUT2D eigenvalue weighted by atomic mass is 10.3. The van der Waals surface area contributed by atoms with Crippen LogP contribution in [0.3, 0.4) is 0 Å². The molecule has 0 saturated carbocycles. The number of alkyl halides is 1. The monoisotopic (exact) mass is 195 g/mol. The molecule has 0 aliphatic carbocycles. The van der Waals surface area contributed by atoms with E-state index in [0.717, 1.165) is 6.21 Å². The van der Waals surface area contributed by atoms with Gasteiger partial charge in [-0.05, 0) is 0 Å². The summed E-state index contributed by atoms with van der Waals surface area (Å²) in [5.41, 5.74) is -2.00. The Balaban J connectivity index is 2.95. The number of aliphatic carboxylic acids is 1. The zero-order valence-corrected chi connectivity index (χ0v) is 6.65. The van der Waals surface area contributed by atoms with Crippen LogP contribution in [0.2, 0.25) is 0 Å². The molecule has 0 aromatic carbocycles. The molecule has 1 aliphatic rings. The second-order valence-electron chi connectivity index (χ2n) is 1.71. The van der Waals surface area contributed by atoms with Crippen LogP contribution in [-0.2, 0) is 4.79 Å². The Labute approximate surface area is 73.9 Å². The minimum Gasteiger partial charge on any atom is -0.478 e. The fraction of sp³-hybridized carbons (Fsp3) is 0.200. The number of carboxylic acids is 1. The lowest BCUT2D eigenvalue weighted by Crippen LogP contribution is -2.26. The van der Waals surface area contributed by atoms with Gasteiger partial charge < -0.3 is 10.4 Å². The number of hydrogen-bond acceptors (Lipinski definition) is 3. The Hall–Kier alpha value is -0.740. The third kappa shape index (κ3) is 1.85. The van der Waals surface area contributed by atoms with Gasteiger partial charge >= 0.3 is 5.97 Å². The maximum atomic E-state index is 10.4. The van der Waals surface area contributed by atoms with Crippen LogP contribution < -0.4 is 5.32 Å². The van der Waals surface area contributed by atoms with Crippen molar-refractivity contribution in [2.24, 2.45) is 4.99 Å². The van der Waals surface area contributed by atoms with Crippen LogP contribution in [0, 0.1) is 0 Å². The molecule has 11 heavy (non-hydrogen) atoms. The van der Waals surface area contributed by atoms with Crippen molar-refractivity contribution >= 4 is 35.4 Å². The molecule has 0 saturated heterocycles. The number of aliphatic imine (C=N–C) groups is 1. The Morgan fingerprint density at radius 2 is 2.64 bits per heavy atom. The summed E-state index contributed by atoms with van der Waals surface area (Å²) in [6.07, 6.45) is 0.946. The van der Waals surface area contributed by atoms with Gasteiger partial charge in [0.15, 0.2) is 5.60 Å². The summed E-state index contributed by atoms with van der Waals surface area (Å²) in [4.78, 5) is 13.8. The molecule has 0 spiro atoms. The predicted octanol–water partition coefficient (Wildman–Crippen LogP) is 0.718. The van der Waals surface area contributed by atoms with E-state index >= 15 is 0 Å². The van der Waals surface area contributed by atoms with Crippen molar-refractivity contribution in [3.63, 3.8) is 0 Å². The van der Waals surface area contributed by atoms with Gasteiger partial charge in [0, 0.05) is 6.21 Å². The Morgan fingerprint density at radius 3 is 3.09 bits per heavy atom. The summed E-state index contributed by atoms with van der Waals surface area (Å²) in [7, 11) is 0. The summed E-state index contributed by atoms with van der Waals surface area (Å²) in [6.45, 7) is 0. The number of nitrogens with one attached hydrogen (secondary N) is 1. The van der Waals surface area contributed by atoms with E-state index in [1.165, 1.54) is 0 Å². The van der Waals surface area contributed by atoms with E-state index in [2.05, 4.69) is 10.3 Å². The van der Waals surface area contributed by atoms with Crippen molar-refractivity contribution in [2.75, 3.05) is 0 Å². The first-order valence-electron chi connectivity index (χ1n) is 3.08. The van der Waals surface area contributed by atoms with Gasteiger partial charge in [0.05, 0.1) is 1.37 Å². The van der Waals surface area contributed by atoms with E-state index in [4.69, 9.17) is 29.7 Å². The number of carbonyl (C=O) groups is 1. The van der Waals surface area contributed by atoms with Crippen LogP contribution >= 0.6 is 23.2 Å². The van der Waals surface area contributed by atoms with Crippen LogP contribution in [0.4, 0.5) is 0 Å².